The number of fused-ring (bicyclic) bond motifs is 1. The van der Waals surface area contributed by atoms with Crippen LogP contribution in [0.1, 0.15) is 21.5 Å². The summed E-state index contributed by atoms with van der Waals surface area (Å²) < 4.78 is 6.01. The normalized spacial score (nSPS) is 10.9. The highest BCUT2D eigenvalue weighted by molar-refractivity contribution is 6.30. The lowest BCUT2D eigenvalue weighted by molar-refractivity contribution is 0.102. The molecule has 0 saturated carbocycles. The Morgan fingerprint density at radius 1 is 0.931 bits per heavy atom. The average Bonchev–Trinajstić information content (AvgIpc) is 2.70. The van der Waals surface area contributed by atoms with Crippen molar-refractivity contribution in [2.75, 3.05) is 5.32 Å². The average molecular weight is 404 g/mol. The first kappa shape index (κ1) is 19.0. The molecule has 0 aliphatic carbocycles. The number of hydrogen-bond acceptors (Lipinski definition) is 3. The zero-order valence-corrected chi connectivity index (χ0v) is 16.7. The Hall–Kier alpha value is -3.37. The van der Waals surface area contributed by atoms with Crippen LogP contribution in [-0.2, 0) is 0 Å². The van der Waals surface area contributed by atoms with Crippen molar-refractivity contribution in [3.63, 3.8) is 0 Å². The van der Waals surface area contributed by atoms with Gasteiger partial charge < -0.3 is 9.73 Å². The summed E-state index contributed by atoms with van der Waals surface area (Å²) in [5, 5.41) is 4.00. The largest absolute Gasteiger partial charge is 0.456 e. The van der Waals surface area contributed by atoms with Gasteiger partial charge in [0.2, 0.25) is 0 Å². The van der Waals surface area contributed by atoms with E-state index in [1.807, 2.05) is 26.0 Å². The van der Waals surface area contributed by atoms with E-state index in [-0.39, 0.29) is 11.3 Å². The SMILES string of the molecule is Cc1cc(C)c2oc(-c3ccc(C(=O)Nc4ccc(Cl)cc4)cc3)cc(=O)c2c1. The summed E-state index contributed by atoms with van der Waals surface area (Å²) in [5.41, 5.74) is 4.32. The summed E-state index contributed by atoms with van der Waals surface area (Å²) in [7, 11) is 0. The molecule has 4 aromatic rings. The number of benzene rings is 3. The number of carbonyl (C=O) groups is 1. The van der Waals surface area contributed by atoms with Crippen molar-refractivity contribution in [1.82, 2.24) is 0 Å². The number of nitrogens with one attached hydrogen (secondary N) is 1. The van der Waals surface area contributed by atoms with E-state index in [1.165, 1.54) is 6.07 Å². The molecule has 0 atom stereocenters. The third kappa shape index (κ3) is 3.93. The van der Waals surface area contributed by atoms with Crippen LogP contribution in [0.2, 0.25) is 5.02 Å². The highest BCUT2D eigenvalue weighted by atomic mass is 35.5. The van der Waals surface area contributed by atoms with Gasteiger partial charge in [0.15, 0.2) is 5.43 Å². The van der Waals surface area contributed by atoms with E-state index in [9.17, 15) is 9.59 Å². The van der Waals surface area contributed by atoms with Crippen molar-refractivity contribution in [3.05, 3.63) is 98.7 Å². The Kier molecular flexibility index (Phi) is 4.95. The Labute approximate surface area is 172 Å². The maximum atomic E-state index is 12.5. The first-order valence-corrected chi connectivity index (χ1v) is 9.51. The van der Waals surface area contributed by atoms with Crippen molar-refractivity contribution in [2.24, 2.45) is 0 Å². The molecule has 1 amide bonds. The lowest BCUT2D eigenvalue weighted by Gasteiger charge is -2.08. The van der Waals surface area contributed by atoms with Gasteiger partial charge in [-0.3, -0.25) is 9.59 Å². The molecule has 4 nitrogen and oxygen atoms in total. The molecule has 0 unspecified atom stereocenters. The Bertz CT molecular complexity index is 1270. The Morgan fingerprint density at radius 3 is 2.31 bits per heavy atom. The van der Waals surface area contributed by atoms with Crippen molar-refractivity contribution in [1.29, 1.82) is 0 Å². The third-order valence-electron chi connectivity index (χ3n) is 4.69. The molecule has 0 fully saturated rings. The minimum atomic E-state index is -0.231. The summed E-state index contributed by atoms with van der Waals surface area (Å²) in [6.07, 6.45) is 0. The quantitative estimate of drug-likeness (QED) is 0.457. The van der Waals surface area contributed by atoms with Crippen LogP contribution in [0.4, 0.5) is 5.69 Å². The molecule has 0 spiro atoms. The van der Waals surface area contributed by atoms with Crippen LogP contribution in [0.3, 0.4) is 0 Å². The first-order chi connectivity index (χ1) is 13.9. The van der Waals surface area contributed by atoms with Gasteiger partial charge in [0, 0.05) is 27.9 Å². The number of aryl methyl sites for hydroxylation is 2. The van der Waals surface area contributed by atoms with Crippen LogP contribution >= 0.6 is 11.6 Å². The van der Waals surface area contributed by atoms with E-state index < -0.39 is 0 Å². The fraction of sp³-hybridized carbons (Fsp3) is 0.0833. The van der Waals surface area contributed by atoms with Crippen LogP contribution in [-0.4, -0.2) is 5.91 Å². The van der Waals surface area contributed by atoms with Gasteiger partial charge in [-0.05, 0) is 67.4 Å². The van der Waals surface area contributed by atoms with E-state index in [0.29, 0.717) is 33.0 Å². The molecule has 3 aromatic carbocycles. The van der Waals surface area contributed by atoms with Gasteiger partial charge in [-0.1, -0.05) is 29.8 Å². The van der Waals surface area contributed by atoms with Crippen LogP contribution in [0.15, 0.2) is 75.9 Å². The fourth-order valence-electron chi connectivity index (χ4n) is 3.27. The van der Waals surface area contributed by atoms with Crippen molar-refractivity contribution >= 4 is 34.2 Å². The molecule has 0 aliphatic heterocycles. The molecule has 29 heavy (non-hydrogen) atoms. The van der Waals surface area contributed by atoms with Gasteiger partial charge in [-0.2, -0.15) is 0 Å². The molecular formula is C24H18ClNO3. The Morgan fingerprint density at radius 2 is 1.62 bits per heavy atom. The zero-order valence-electron chi connectivity index (χ0n) is 16.0. The monoisotopic (exact) mass is 403 g/mol. The highest BCUT2D eigenvalue weighted by Gasteiger charge is 2.11. The van der Waals surface area contributed by atoms with E-state index in [1.54, 1.807) is 48.5 Å². The number of carbonyl (C=O) groups excluding carboxylic acids is 1. The van der Waals surface area contributed by atoms with Crippen LogP contribution < -0.4 is 10.7 Å². The lowest BCUT2D eigenvalue weighted by Crippen LogP contribution is -2.11. The summed E-state index contributed by atoms with van der Waals surface area (Å²) >= 11 is 5.86. The predicted molar refractivity (Wildman–Crippen MR) is 117 cm³/mol. The summed E-state index contributed by atoms with van der Waals surface area (Å²) in [6, 6.07) is 19.2. The predicted octanol–water partition coefficient (Wildman–Crippen LogP) is 5.98. The molecule has 0 radical (unpaired) electrons. The number of amides is 1. The molecular weight excluding hydrogens is 386 g/mol. The molecule has 5 heteroatoms. The Balaban J connectivity index is 1.63. The van der Waals surface area contributed by atoms with E-state index >= 15 is 0 Å². The van der Waals surface area contributed by atoms with Gasteiger partial charge >= 0.3 is 0 Å². The minimum absolute atomic E-state index is 0.0855. The van der Waals surface area contributed by atoms with Gasteiger partial charge in [-0.25, -0.2) is 0 Å². The second-order valence-electron chi connectivity index (χ2n) is 6.97. The van der Waals surface area contributed by atoms with Gasteiger partial charge in [0.05, 0.1) is 5.39 Å². The van der Waals surface area contributed by atoms with Crippen molar-refractivity contribution < 1.29 is 9.21 Å². The molecule has 1 N–H and O–H groups in total. The number of rotatable bonds is 3. The van der Waals surface area contributed by atoms with Crippen LogP contribution in [0, 0.1) is 13.8 Å². The van der Waals surface area contributed by atoms with Crippen molar-refractivity contribution in [3.8, 4) is 11.3 Å². The van der Waals surface area contributed by atoms with E-state index in [0.717, 1.165) is 16.7 Å². The molecule has 0 saturated heterocycles. The van der Waals surface area contributed by atoms with Gasteiger partial charge in [0.1, 0.15) is 11.3 Å². The summed E-state index contributed by atoms with van der Waals surface area (Å²) in [4.78, 5) is 25.0. The van der Waals surface area contributed by atoms with E-state index in [4.69, 9.17) is 16.0 Å². The maximum absolute atomic E-state index is 12.5. The molecule has 1 heterocycles. The second-order valence-corrected chi connectivity index (χ2v) is 7.41. The number of hydrogen-bond donors (Lipinski definition) is 1. The van der Waals surface area contributed by atoms with Crippen LogP contribution in [0.25, 0.3) is 22.3 Å². The number of halogens is 1. The summed E-state index contributed by atoms with van der Waals surface area (Å²) in [5.74, 6) is 0.240. The topological polar surface area (TPSA) is 59.3 Å². The molecule has 4 rings (SSSR count). The second kappa shape index (κ2) is 7.57. The van der Waals surface area contributed by atoms with Crippen LogP contribution in [0.5, 0.6) is 0 Å². The van der Waals surface area contributed by atoms with Crippen molar-refractivity contribution in [2.45, 2.75) is 13.8 Å². The standard InChI is InChI=1S/C24H18ClNO3/c1-14-11-15(2)23-20(12-14)21(27)13-22(29-23)16-3-5-17(6-4-16)24(28)26-19-9-7-18(25)8-10-19/h3-13H,1-2H3,(H,26,28). The first-order valence-electron chi connectivity index (χ1n) is 9.13. The lowest BCUT2D eigenvalue weighted by atomic mass is 10.1. The fourth-order valence-corrected chi connectivity index (χ4v) is 3.40. The van der Waals surface area contributed by atoms with E-state index in [2.05, 4.69) is 5.32 Å². The minimum Gasteiger partial charge on any atom is -0.456 e. The molecule has 144 valence electrons. The highest BCUT2D eigenvalue weighted by Crippen LogP contribution is 2.25. The zero-order chi connectivity index (χ0) is 20.5. The molecule has 1 aromatic heterocycles. The van der Waals surface area contributed by atoms with Gasteiger partial charge in [-0.15, -0.1) is 0 Å². The van der Waals surface area contributed by atoms with Gasteiger partial charge in [0.25, 0.3) is 5.91 Å². The number of anilines is 1. The smallest absolute Gasteiger partial charge is 0.255 e. The third-order valence-corrected chi connectivity index (χ3v) is 4.94. The summed E-state index contributed by atoms with van der Waals surface area (Å²) in [6.45, 7) is 3.87. The molecule has 0 aliphatic rings. The maximum Gasteiger partial charge on any atom is 0.255 e. The molecule has 0 bridgehead atoms.